The van der Waals surface area contributed by atoms with E-state index in [4.69, 9.17) is 4.74 Å². The summed E-state index contributed by atoms with van der Waals surface area (Å²) in [6.45, 7) is 1.90. The Hall–Kier alpha value is -2.69. The molecule has 24 heavy (non-hydrogen) atoms. The van der Waals surface area contributed by atoms with Crippen molar-refractivity contribution in [3.63, 3.8) is 0 Å². The fraction of sp³-hybridized carbons (Fsp3) is 0.316. The van der Waals surface area contributed by atoms with Gasteiger partial charge < -0.3 is 10.1 Å². The third-order valence-electron chi connectivity index (χ3n) is 3.96. The Kier molecular flexibility index (Phi) is 6.49. The zero-order valence-corrected chi connectivity index (χ0v) is 13.9. The minimum Gasteiger partial charge on any atom is -0.469 e. The van der Waals surface area contributed by atoms with Gasteiger partial charge in [0.05, 0.1) is 13.5 Å². The van der Waals surface area contributed by atoms with E-state index in [1.54, 1.807) is 18.3 Å². The highest BCUT2D eigenvalue weighted by molar-refractivity contribution is 5.94. The van der Waals surface area contributed by atoms with Gasteiger partial charge in [-0.05, 0) is 43.5 Å². The third kappa shape index (κ3) is 5.19. The molecule has 2 atom stereocenters. The normalized spacial score (nSPS) is 12.9. The van der Waals surface area contributed by atoms with Gasteiger partial charge in [-0.2, -0.15) is 0 Å². The topological polar surface area (TPSA) is 68.3 Å². The first-order valence-electron chi connectivity index (χ1n) is 7.92. The Morgan fingerprint density at radius 3 is 2.46 bits per heavy atom. The van der Waals surface area contributed by atoms with Crippen LogP contribution < -0.4 is 5.32 Å². The summed E-state index contributed by atoms with van der Waals surface area (Å²) in [4.78, 5) is 28.3. The second-order valence-corrected chi connectivity index (χ2v) is 5.69. The zero-order chi connectivity index (χ0) is 17.4. The van der Waals surface area contributed by atoms with E-state index in [1.165, 1.54) is 7.11 Å². The lowest BCUT2D eigenvalue weighted by molar-refractivity contribution is -0.141. The van der Waals surface area contributed by atoms with E-state index in [2.05, 4.69) is 10.3 Å². The van der Waals surface area contributed by atoms with Crippen molar-refractivity contribution in [2.75, 3.05) is 7.11 Å². The van der Waals surface area contributed by atoms with Gasteiger partial charge >= 0.3 is 5.97 Å². The number of benzene rings is 1. The molecule has 0 saturated carbocycles. The highest BCUT2D eigenvalue weighted by atomic mass is 16.5. The Bertz CT molecular complexity index is 659. The lowest BCUT2D eigenvalue weighted by atomic mass is 9.91. The van der Waals surface area contributed by atoms with Crippen LogP contribution in [0.3, 0.4) is 0 Å². The summed E-state index contributed by atoms with van der Waals surface area (Å²) in [6.07, 6.45) is 2.53. The fourth-order valence-electron chi connectivity index (χ4n) is 2.51. The van der Waals surface area contributed by atoms with Crippen LogP contribution >= 0.6 is 0 Å². The van der Waals surface area contributed by atoms with Crippen LogP contribution in [0.4, 0.5) is 0 Å². The van der Waals surface area contributed by atoms with Gasteiger partial charge in [0.25, 0.3) is 5.91 Å². The monoisotopic (exact) mass is 326 g/mol. The van der Waals surface area contributed by atoms with E-state index in [0.717, 1.165) is 5.69 Å². The Balaban J connectivity index is 2.07. The number of carbonyl (C=O) groups is 2. The molecule has 0 aliphatic rings. The van der Waals surface area contributed by atoms with Crippen molar-refractivity contribution in [2.24, 2.45) is 5.92 Å². The standard InChI is InChI=1S/C19H22N2O3/c1-14(21-19(23)15-8-4-3-5-9-15)16(13-18(22)24-2)12-17-10-6-7-11-20-17/h3-11,14,16H,12-13H2,1-2H3,(H,21,23)/t14-,16-/m1/s1. The summed E-state index contributed by atoms with van der Waals surface area (Å²) in [5.74, 6) is -0.546. The largest absolute Gasteiger partial charge is 0.469 e. The van der Waals surface area contributed by atoms with Crippen LogP contribution in [0.5, 0.6) is 0 Å². The number of amides is 1. The van der Waals surface area contributed by atoms with Gasteiger partial charge in [-0.25, -0.2) is 0 Å². The number of methoxy groups -OCH3 is 1. The molecule has 1 heterocycles. The number of nitrogens with one attached hydrogen (secondary N) is 1. The molecule has 0 radical (unpaired) electrons. The summed E-state index contributed by atoms with van der Waals surface area (Å²) >= 11 is 0. The lowest BCUT2D eigenvalue weighted by Crippen LogP contribution is -2.40. The van der Waals surface area contributed by atoms with Crippen LogP contribution in [0.25, 0.3) is 0 Å². The quantitative estimate of drug-likeness (QED) is 0.794. The average Bonchev–Trinajstić information content (AvgIpc) is 2.62. The number of hydrogen-bond donors (Lipinski definition) is 1. The zero-order valence-electron chi connectivity index (χ0n) is 13.9. The maximum absolute atomic E-state index is 12.3. The number of esters is 1. The molecule has 0 unspecified atom stereocenters. The number of aromatic nitrogens is 1. The highest BCUT2D eigenvalue weighted by Crippen LogP contribution is 2.16. The van der Waals surface area contributed by atoms with Gasteiger partial charge in [0.1, 0.15) is 0 Å². The first-order chi connectivity index (χ1) is 11.6. The summed E-state index contributed by atoms with van der Waals surface area (Å²) in [7, 11) is 1.37. The van der Waals surface area contributed by atoms with Crippen molar-refractivity contribution >= 4 is 11.9 Å². The van der Waals surface area contributed by atoms with Crippen molar-refractivity contribution in [3.8, 4) is 0 Å². The molecule has 126 valence electrons. The number of ether oxygens (including phenoxy) is 1. The summed E-state index contributed by atoms with van der Waals surface area (Å²) < 4.78 is 4.79. The second-order valence-electron chi connectivity index (χ2n) is 5.69. The van der Waals surface area contributed by atoms with Crippen LogP contribution in [-0.2, 0) is 16.0 Å². The molecule has 0 fully saturated rings. The van der Waals surface area contributed by atoms with Gasteiger partial charge in [0.2, 0.25) is 0 Å². The molecule has 0 saturated heterocycles. The van der Waals surface area contributed by atoms with Crippen LogP contribution in [0, 0.1) is 5.92 Å². The first kappa shape index (κ1) is 17.7. The van der Waals surface area contributed by atoms with Crippen molar-refractivity contribution < 1.29 is 14.3 Å². The van der Waals surface area contributed by atoms with E-state index in [0.29, 0.717) is 12.0 Å². The van der Waals surface area contributed by atoms with Gasteiger partial charge in [0.15, 0.2) is 0 Å². The Morgan fingerprint density at radius 1 is 1.12 bits per heavy atom. The molecular formula is C19H22N2O3. The molecule has 1 aromatic heterocycles. The number of hydrogen-bond acceptors (Lipinski definition) is 4. The number of rotatable bonds is 7. The summed E-state index contributed by atoms with van der Waals surface area (Å²) in [6, 6.07) is 14.5. The van der Waals surface area contributed by atoms with Crippen LogP contribution in [0.15, 0.2) is 54.7 Å². The highest BCUT2D eigenvalue weighted by Gasteiger charge is 2.24. The maximum atomic E-state index is 12.3. The molecule has 0 aliphatic heterocycles. The van der Waals surface area contributed by atoms with E-state index in [9.17, 15) is 9.59 Å². The number of carbonyl (C=O) groups excluding carboxylic acids is 2. The lowest BCUT2D eigenvalue weighted by Gasteiger charge is -2.24. The molecule has 0 aliphatic carbocycles. The van der Waals surface area contributed by atoms with Crippen molar-refractivity contribution in [1.29, 1.82) is 0 Å². The van der Waals surface area contributed by atoms with Crippen LogP contribution in [-0.4, -0.2) is 30.0 Å². The Morgan fingerprint density at radius 2 is 1.83 bits per heavy atom. The molecule has 1 amide bonds. The van der Waals surface area contributed by atoms with Crippen molar-refractivity contribution in [2.45, 2.75) is 25.8 Å². The Labute approximate surface area is 142 Å². The van der Waals surface area contributed by atoms with Gasteiger partial charge in [-0.15, -0.1) is 0 Å². The molecular weight excluding hydrogens is 304 g/mol. The van der Waals surface area contributed by atoms with Gasteiger partial charge in [-0.1, -0.05) is 24.3 Å². The molecule has 1 aromatic carbocycles. The molecule has 0 bridgehead atoms. The van der Waals surface area contributed by atoms with Gasteiger partial charge in [0, 0.05) is 23.5 Å². The molecule has 5 nitrogen and oxygen atoms in total. The van der Waals surface area contributed by atoms with Crippen LogP contribution in [0.1, 0.15) is 29.4 Å². The smallest absolute Gasteiger partial charge is 0.305 e. The van der Waals surface area contributed by atoms with E-state index in [-0.39, 0.29) is 30.3 Å². The minimum atomic E-state index is -0.295. The fourth-order valence-corrected chi connectivity index (χ4v) is 2.51. The molecule has 1 N–H and O–H groups in total. The first-order valence-corrected chi connectivity index (χ1v) is 7.92. The predicted octanol–water partition coefficient (Wildman–Crippen LogP) is 2.62. The van der Waals surface area contributed by atoms with E-state index < -0.39 is 0 Å². The minimum absolute atomic E-state index is 0.0972. The summed E-state index contributed by atoms with van der Waals surface area (Å²) in [5, 5.41) is 2.97. The van der Waals surface area contributed by atoms with Crippen LogP contribution in [0.2, 0.25) is 0 Å². The maximum Gasteiger partial charge on any atom is 0.305 e. The predicted molar refractivity (Wildman–Crippen MR) is 91.4 cm³/mol. The van der Waals surface area contributed by atoms with Crippen molar-refractivity contribution in [3.05, 3.63) is 66.0 Å². The van der Waals surface area contributed by atoms with Gasteiger partial charge in [-0.3, -0.25) is 14.6 Å². The number of pyridine rings is 1. The SMILES string of the molecule is COC(=O)C[C@@H](Cc1ccccn1)[C@@H](C)NC(=O)c1ccccc1. The third-order valence-corrected chi connectivity index (χ3v) is 3.96. The van der Waals surface area contributed by atoms with E-state index in [1.807, 2.05) is 43.3 Å². The molecule has 0 spiro atoms. The molecule has 5 heteroatoms. The summed E-state index contributed by atoms with van der Waals surface area (Å²) in [5.41, 5.74) is 1.48. The van der Waals surface area contributed by atoms with Crippen molar-refractivity contribution in [1.82, 2.24) is 10.3 Å². The van der Waals surface area contributed by atoms with E-state index >= 15 is 0 Å². The molecule has 2 aromatic rings. The average molecular weight is 326 g/mol. The second kappa shape index (κ2) is 8.82. The number of nitrogens with zero attached hydrogens (tertiary/aromatic N) is 1. The molecule has 2 rings (SSSR count).